The van der Waals surface area contributed by atoms with Gasteiger partial charge >= 0.3 is 0 Å². The van der Waals surface area contributed by atoms with E-state index >= 15 is 0 Å². The van der Waals surface area contributed by atoms with Gasteiger partial charge in [-0.3, -0.25) is 9.67 Å². The van der Waals surface area contributed by atoms with Gasteiger partial charge in [0.05, 0.1) is 36.4 Å². The van der Waals surface area contributed by atoms with Gasteiger partial charge in [-0.15, -0.1) is 0 Å². The molecule has 0 radical (unpaired) electrons. The lowest BCUT2D eigenvalue weighted by molar-refractivity contribution is 0.0926. The molecule has 0 saturated heterocycles. The van der Waals surface area contributed by atoms with Crippen LogP contribution >= 0.6 is 0 Å². The van der Waals surface area contributed by atoms with Gasteiger partial charge in [-0.05, 0) is 28.8 Å². The Morgan fingerprint density at radius 2 is 2.18 bits per heavy atom. The minimum Gasteiger partial charge on any atom is -0.375 e. The van der Waals surface area contributed by atoms with E-state index in [2.05, 4.69) is 10.1 Å². The van der Waals surface area contributed by atoms with E-state index in [0.29, 0.717) is 18.6 Å². The minimum atomic E-state index is -0.292. The largest absolute Gasteiger partial charge is 0.375 e. The van der Waals surface area contributed by atoms with Crippen LogP contribution in [0.3, 0.4) is 0 Å². The average molecular weight is 298 g/mol. The number of halogens is 1. The first kappa shape index (κ1) is 13.4. The third-order valence-corrected chi connectivity index (χ3v) is 4.16. The Hall–Kier alpha value is -2.31. The van der Waals surface area contributed by atoms with Crippen molar-refractivity contribution in [3.8, 4) is 11.1 Å². The highest BCUT2D eigenvalue weighted by Crippen LogP contribution is 2.33. The van der Waals surface area contributed by atoms with Crippen LogP contribution in [-0.4, -0.2) is 21.4 Å². The second-order valence-corrected chi connectivity index (χ2v) is 5.54. The molecule has 6 heteroatoms. The maximum atomic E-state index is 14.3. The molecule has 0 bridgehead atoms. The van der Waals surface area contributed by atoms with Crippen LogP contribution < -0.4 is 5.73 Å². The molecular formula is C16H15FN4O. The molecule has 1 atom stereocenters. The fourth-order valence-corrected chi connectivity index (χ4v) is 2.97. The van der Waals surface area contributed by atoms with Crippen LogP contribution in [0.2, 0.25) is 0 Å². The van der Waals surface area contributed by atoms with Crippen LogP contribution in [0, 0.1) is 5.82 Å². The number of fused-ring (bicyclic) bond motifs is 2. The lowest BCUT2D eigenvalue weighted by Gasteiger charge is -2.24. The van der Waals surface area contributed by atoms with Crippen molar-refractivity contribution in [1.82, 2.24) is 14.8 Å². The maximum absolute atomic E-state index is 14.3. The van der Waals surface area contributed by atoms with E-state index in [4.69, 9.17) is 10.5 Å². The summed E-state index contributed by atoms with van der Waals surface area (Å²) in [5, 5.41) is 4.62. The Morgan fingerprint density at radius 3 is 3.05 bits per heavy atom. The quantitative estimate of drug-likeness (QED) is 0.748. The molecular weight excluding hydrogens is 283 g/mol. The first-order valence-electron chi connectivity index (χ1n) is 7.07. The molecule has 0 fully saturated rings. The normalized spacial score (nSPS) is 17.7. The average Bonchev–Trinajstić information content (AvgIpc) is 2.89. The summed E-state index contributed by atoms with van der Waals surface area (Å²) in [6, 6.07) is 3.24. The molecule has 112 valence electrons. The van der Waals surface area contributed by atoms with Crippen LogP contribution in [0.15, 0.2) is 30.7 Å². The van der Waals surface area contributed by atoms with E-state index < -0.39 is 0 Å². The number of aryl methyl sites for hydroxylation is 1. The zero-order valence-electron chi connectivity index (χ0n) is 12.1. The lowest BCUT2D eigenvalue weighted by atomic mass is 9.93. The van der Waals surface area contributed by atoms with Crippen LogP contribution in [0.5, 0.6) is 0 Å². The van der Waals surface area contributed by atoms with Crippen molar-refractivity contribution >= 4 is 10.9 Å². The molecule has 3 heterocycles. The third kappa shape index (κ3) is 1.92. The van der Waals surface area contributed by atoms with Crippen molar-refractivity contribution < 1.29 is 9.13 Å². The summed E-state index contributed by atoms with van der Waals surface area (Å²) in [5.74, 6) is -0.292. The number of rotatable bonds is 1. The molecule has 3 aromatic rings. The number of nitrogens with two attached hydrogens (primary N) is 1. The summed E-state index contributed by atoms with van der Waals surface area (Å²) in [5.41, 5.74) is 10.4. The Bertz CT molecular complexity index is 874. The van der Waals surface area contributed by atoms with Crippen LogP contribution in [0.4, 0.5) is 4.39 Å². The van der Waals surface area contributed by atoms with Gasteiger partial charge in [0, 0.05) is 25.0 Å². The second-order valence-electron chi connectivity index (χ2n) is 5.54. The molecule has 0 amide bonds. The van der Waals surface area contributed by atoms with Crippen LogP contribution in [0.25, 0.3) is 22.0 Å². The predicted molar refractivity (Wildman–Crippen MR) is 80.5 cm³/mol. The smallest absolute Gasteiger partial charge is 0.134 e. The highest BCUT2D eigenvalue weighted by molar-refractivity contribution is 5.85. The highest BCUT2D eigenvalue weighted by atomic mass is 19.1. The Labute approximate surface area is 126 Å². The van der Waals surface area contributed by atoms with E-state index in [1.807, 2.05) is 6.07 Å². The first-order valence-corrected chi connectivity index (χ1v) is 7.07. The van der Waals surface area contributed by atoms with Gasteiger partial charge in [-0.25, -0.2) is 4.39 Å². The number of hydrogen-bond donors (Lipinski definition) is 1. The van der Waals surface area contributed by atoms with E-state index in [0.717, 1.165) is 27.8 Å². The summed E-state index contributed by atoms with van der Waals surface area (Å²) >= 11 is 0. The molecule has 0 saturated carbocycles. The number of nitrogens with zero attached hydrogens (tertiary/aromatic N) is 3. The molecule has 2 N–H and O–H groups in total. The summed E-state index contributed by atoms with van der Waals surface area (Å²) < 4.78 is 21.5. The fourth-order valence-electron chi connectivity index (χ4n) is 2.97. The van der Waals surface area contributed by atoms with Crippen molar-refractivity contribution in [2.75, 3.05) is 6.61 Å². The molecule has 2 aromatic heterocycles. The van der Waals surface area contributed by atoms with E-state index in [1.165, 1.54) is 12.3 Å². The summed E-state index contributed by atoms with van der Waals surface area (Å²) in [6.07, 6.45) is 5.04. The molecule has 1 unspecified atom stereocenters. The van der Waals surface area contributed by atoms with Crippen molar-refractivity contribution in [2.45, 2.75) is 12.6 Å². The topological polar surface area (TPSA) is 66.0 Å². The molecule has 0 spiro atoms. The molecule has 1 aliphatic rings. The number of ether oxygens (including phenoxy) is 1. The van der Waals surface area contributed by atoms with Gasteiger partial charge < -0.3 is 10.5 Å². The highest BCUT2D eigenvalue weighted by Gasteiger charge is 2.22. The summed E-state index contributed by atoms with van der Waals surface area (Å²) in [7, 11) is 1.79. The Morgan fingerprint density at radius 1 is 1.32 bits per heavy atom. The summed E-state index contributed by atoms with van der Waals surface area (Å²) in [6.45, 7) is 0.944. The Kier molecular flexibility index (Phi) is 2.95. The lowest BCUT2D eigenvalue weighted by Crippen LogP contribution is -2.24. The molecule has 22 heavy (non-hydrogen) atoms. The Balaban J connectivity index is 1.96. The zero-order valence-corrected chi connectivity index (χ0v) is 12.1. The van der Waals surface area contributed by atoms with Gasteiger partial charge in [0.15, 0.2) is 0 Å². The van der Waals surface area contributed by atoms with Crippen LogP contribution in [0.1, 0.15) is 17.2 Å². The van der Waals surface area contributed by atoms with Crippen molar-refractivity contribution in [3.05, 3.63) is 47.7 Å². The summed E-state index contributed by atoms with van der Waals surface area (Å²) in [4.78, 5) is 4.26. The van der Waals surface area contributed by atoms with Crippen LogP contribution in [-0.2, 0) is 18.4 Å². The van der Waals surface area contributed by atoms with Gasteiger partial charge in [0.25, 0.3) is 0 Å². The maximum Gasteiger partial charge on any atom is 0.134 e. The number of aromatic nitrogens is 3. The van der Waals surface area contributed by atoms with Gasteiger partial charge in [-0.1, -0.05) is 0 Å². The van der Waals surface area contributed by atoms with E-state index in [9.17, 15) is 4.39 Å². The molecule has 1 aliphatic heterocycles. The van der Waals surface area contributed by atoms with Gasteiger partial charge in [-0.2, -0.15) is 5.10 Å². The zero-order chi connectivity index (χ0) is 15.3. The second kappa shape index (κ2) is 4.86. The number of benzene rings is 1. The van der Waals surface area contributed by atoms with Gasteiger partial charge in [0.1, 0.15) is 5.82 Å². The SMILES string of the molecule is Cn1ncc2c(F)cc(-c3cncc4c3COCC4N)cc21. The van der Waals surface area contributed by atoms with Crippen molar-refractivity contribution in [2.24, 2.45) is 12.8 Å². The first-order chi connectivity index (χ1) is 10.6. The molecule has 5 nitrogen and oxygen atoms in total. The number of hydrogen-bond acceptors (Lipinski definition) is 4. The van der Waals surface area contributed by atoms with E-state index in [-0.39, 0.29) is 11.9 Å². The van der Waals surface area contributed by atoms with Gasteiger partial charge in [0.2, 0.25) is 0 Å². The standard InChI is InChI=1S/C16H15FN4O/c1-21-16-3-9(2-14(17)12(16)6-20-21)10-4-19-5-11-13(10)7-22-8-15(11)18/h2-6,15H,7-8,18H2,1H3. The number of pyridine rings is 1. The monoisotopic (exact) mass is 298 g/mol. The third-order valence-electron chi connectivity index (χ3n) is 4.16. The molecule has 4 rings (SSSR count). The van der Waals surface area contributed by atoms with Crippen molar-refractivity contribution in [3.63, 3.8) is 0 Å². The molecule has 1 aromatic carbocycles. The predicted octanol–water partition coefficient (Wildman–Crippen LogP) is 2.30. The fraction of sp³-hybridized carbons (Fsp3) is 0.250. The van der Waals surface area contributed by atoms with Crippen molar-refractivity contribution in [1.29, 1.82) is 0 Å². The minimum absolute atomic E-state index is 0.193. The van der Waals surface area contributed by atoms with E-state index in [1.54, 1.807) is 24.1 Å². The molecule has 0 aliphatic carbocycles.